The normalized spacial score (nSPS) is 17.0. The molecule has 0 aliphatic heterocycles. The van der Waals surface area contributed by atoms with Gasteiger partial charge in [-0.3, -0.25) is 0 Å². The van der Waals surface area contributed by atoms with Crippen LogP contribution in [0.3, 0.4) is 0 Å². The molecule has 37 heavy (non-hydrogen) atoms. The maximum absolute atomic E-state index is 10.7. The lowest BCUT2D eigenvalue weighted by Crippen LogP contribution is -2.29. The fourth-order valence-corrected chi connectivity index (χ4v) is 5.65. The van der Waals surface area contributed by atoms with Gasteiger partial charge in [0.15, 0.2) is 0 Å². The molecule has 2 aromatic heterocycles. The van der Waals surface area contributed by atoms with E-state index in [-0.39, 0.29) is 12.1 Å². The minimum Gasteiger partial charge on any atom is -0.391 e. The lowest BCUT2D eigenvalue weighted by Gasteiger charge is -2.30. The Bertz CT molecular complexity index is 1090. The molecule has 4 aromatic rings. The molecule has 2 N–H and O–H groups in total. The van der Waals surface area contributed by atoms with Crippen LogP contribution < -0.4 is 0 Å². The first-order valence-corrected chi connectivity index (χ1v) is 13.9. The van der Waals surface area contributed by atoms with Crippen LogP contribution in [-0.2, 0) is 0 Å². The number of benzene rings is 2. The van der Waals surface area contributed by atoms with E-state index < -0.39 is 12.2 Å². The van der Waals surface area contributed by atoms with Gasteiger partial charge in [0, 0.05) is 0 Å². The standard InChI is InChI=1S/C29H42N6O2/c1-5-11-22(18-28(20(3)36)34-30-24-13-7-8-14-25(24)31-34)17-23(12-6-2)19-29(21(4)37)35-32-26-15-9-10-16-27(26)33-35/h7-10,13-16,20-23,28-29,36-37H,5-6,11-12,17-19H2,1-4H3. The van der Waals surface area contributed by atoms with Gasteiger partial charge < -0.3 is 10.2 Å². The lowest BCUT2D eigenvalue weighted by atomic mass is 9.81. The molecule has 0 fully saturated rings. The summed E-state index contributed by atoms with van der Waals surface area (Å²) in [6, 6.07) is 15.3. The van der Waals surface area contributed by atoms with Crippen LogP contribution in [0.25, 0.3) is 22.1 Å². The predicted molar refractivity (Wildman–Crippen MR) is 147 cm³/mol. The second-order valence-corrected chi connectivity index (χ2v) is 10.7. The quantitative estimate of drug-likeness (QED) is 0.227. The van der Waals surface area contributed by atoms with E-state index in [1.807, 2.05) is 62.4 Å². The molecule has 2 heterocycles. The van der Waals surface area contributed by atoms with Crippen LogP contribution in [0.5, 0.6) is 0 Å². The molecule has 2 aromatic carbocycles. The minimum atomic E-state index is -0.559. The number of aliphatic hydroxyl groups is 2. The van der Waals surface area contributed by atoms with Crippen molar-refractivity contribution in [3.05, 3.63) is 48.5 Å². The second-order valence-electron chi connectivity index (χ2n) is 10.7. The predicted octanol–water partition coefficient (Wildman–Crippen LogP) is 5.72. The van der Waals surface area contributed by atoms with E-state index >= 15 is 0 Å². The molecule has 0 bridgehead atoms. The summed E-state index contributed by atoms with van der Waals surface area (Å²) in [6.07, 6.45) is 5.85. The summed E-state index contributed by atoms with van der Waals surface area (Å²) < 4.78 is 0. The van der Waals surface area contributed by atoms with E-state index in [0.29, 0.717) is 11.8 Å². The number of hydrogen-bond donors (Lipinski definition) is 2. The molecule has 0 spiro atoms. The van der Waals surface area contributed by atoms with Crippen LogP contribution >= 0.6 is 0 Å². The van der Waals surface area contributed by atoms with E-state index in [9.17, 15) is 10.2 Å². The summed E-state index contributed by atoms with van der Waals surface area (Å²) in [4.78, 5) is 3.45. The number of hydrogen-bond acceptors (Lipinski definition) is 6. The minimum absolute atomic E-state index is 0.183. The van der Waals surface area contributed by atoms with Crippen molar-refractivity contribution in [3.8, 4) is 0 Å². The van der Waals surface area contributed by atoms with Gasteiger partial charge >= 0.3 is 0 Å². The summed E-state index contributed by atoms with van der Waals surface area (Å²) in [6.45, 7) is 8.11. The molecule has 8 heteroatoms. The van der Waals surface area contributed by atoms with Gasteiger partial charge in [-0.05, 0) is 69.2 Å². The number of fused-ring (bicyclic) bond motifs is 2. The van der Waals surface area contributed by atoms with Crippen LogP contribution in [0.15, 0.2) is 48.5 Å². The first-order valence-electron chi connectivity index (χ1n) is 13.9. The number of nitrogens with zero attached hydrogens (tertiary/aromatic N) is 6. The number of aromatic nitrogens is 6. The molecular weight excluding hydrogens is 464 g/mol. The Kier molecular flexibility index (Phi) is 9.27. The molecule has 0 amide bonds. The summed E-state index contributed by atoms with van der Waals surface area (Å²) in [5.41, 5.74) is 3.40. The number of aliphatic hydroxyl groups excluding tert-OH is 2. The largest absolute Gasteiger partial charge is 0.391 e. The van der Waals surface area contributed by atoms with Gasteiger partial charge in [0.2, 0.25) is 0 Å². The molecular formula is C29H42N6O2. The van der Waals surface area contributed by atoms with Crippen LogP contribution in [0.2, 0.25) is 0 Å². The van der Waals surface area contributed by atoms with Crippen LogP contribution in [0, 0.1) is 11.8 Å². The fraction of sp³-hybridized carbons (Fsp3) is 0.586. The summed E-state index contributed by atoms with van der Waals surface area (Å²) in [5, 5.41) is 40.2. The first kappa shape index (κ1) is 27.2. The molecule has 0 aliphatic carbocycles. The Morgan fingerprint density at radius 3 is 1.19 bits per heavy atom. The Morgan fingerprint density at radius 2 is 0.919 bits per heavy atom. The van der Waals surface area contributed by atoms with Crippen LogP contribution in [0.4, 0.5) is 0 Å². The van der Waals surface area contributed by atoms with Crippen molar-refractivity contribution in [2.45, 2.75) is 96.9 Å². The topological polar surface area (TPSA) is 102 Å². The smallest absolute Gasteiger partial charge is 0.113 e. The Hall–Kier alpha value is -2.84. The van der Waals surface area contributed by atoms with Crippen LogP contribution in [0.1, 0.15) is 84.7 Å². The van der Waals surface area contributed by atoms with Crippen molar-refractivity contribution >= 4 is 22.1 Å². The average molecular weight is 507 g/mol. The van der Waals surface area contributed by atoms with Crippen molar-refractivity contribution < 1.29 is 10.2 Å². The van der Waals surface area contributed by atoms with Crippen molar-refractivity contribution in [3.63, 3.8) is 0 Å². The highest BCUT2D eigenvalue weighted by Gasteiger charge is 2.29. The third-order valence-corrected chi connectivity index (χ3v) is 7.52. The van der Waals surface area contributed by atoms with Crippen molar-refractivity contribution in [1.82, 2.24) is 30.0 Å². The van der Waals surface area contributed by atoms with Gasteiger partial charge in [0.25, 0.3) is 0 Å². The van der Waals surface area contributed by atoms with Gasteiger partial charge in [-0.1, -0.05) is 63.8 Å². The van der Waals surface area contributed by atoms with Crippen LogP contribution in [-0.4, -0.2) is 52.4 Å². The molecule has 0 radical (unpaired) electrons. The highest BCUT2D eigenvalue weighted by atomic mass is 16.3. The fourth-order valence-electron chi connectivity index (χ4n) is 5.65. The van der Waals surface area contributed by atoms with Gasteiger partial charge in [-0.2, -0.15) is 30.0 Å². The zero-order chi connectivity index (χ0) is 26.4. The molecule has 0 saturated carbocycles. The highest BCUT2D eigenvalue weighted by Crippen LogP contribution is 2.35. The summed E-state index contributed by atoms with van der Waals surface area (Å²) in [7, 11) is 0. The third kappa shape index (κ3) is 6.73. The average Bonchev–Trinajstić information content (AvgIpc) is 3.49. The molecule has 8 nitrogen and oxygen atoms in total. The lowest BCUT2D eigenvalue weighted by molar-refractivity contribution is 0.0805. The molecule has 6 unspecified atom stereocenters. The molecule has 4 rings (SSSR count). The van der Waals surface area contributed by atoms with Gasteiger partial charge in [-0.15, -0.1) is 0 Å². The van der Waals surface area contributed by atoms with Crippen molar-refractivity contribution in [2.75, 3.05) is 0 Å². The van der Waals surface area contributed by atoms with Gasteiger partial charge in [0.05, 0.1) is 24.3 Å². The number of rotatable bonds is 14. The van der Waals surface area contributed by atoms with E-state index in [1.165, 1.54) is 0 Å². The van der Waals surface area contributed by atoms with Gasteiger partial charge in [0.1, 0.15) is 22.1 Å². The molecule has 6 atom stereocenters. The second kappa shape index (κ2) is 12.6. The summed E-state index contributed by atoms with van der Waals surface area (Å²) >= 11 is 0. The first-order chi connectivity index (χ1) is 17.9. The zero-order valence-corrected chi connectivity index (χ0v) is 22.6. The zero-order valence-electron chi connectivity index (χ0n) is 22.6. The van der Waals surface area contributed by atoms with Crippen molar-refractivity contribution in [2.24, 2.45) is 11.8 Å². The molecule has 0 aliphatic rings. The maximum atomic E-state index is 10.7. The van der Waals surface area contributed by atoms with Crippen molar-refractivity contribution in [1.29, 1.82) is 0 Å². The van der Waals surface area contributed by atoms with Gasteiger partial charge in [-0.25, -0.2) is 0 Å². The molecule has 200 valence electrons. The Labute approximate surface area is 219 Å². The monoisotopic (exact) mass is 506 g/mol. The van der Waals surface area contributed by atoms with E-state index in [2.05, 4.69) is 34.2 Å². The molecule has 0 saturated heterocycles. The van der Waals surface area contributed by atoms with E-state index in [0.717, 1.165) is 67.0 Å². The SMILES string of the molecule is CCCC(CC(CCC)CC(C(C)O)n1nc2ccccc2n1)CC(C(C)O)n1nc2ccccc2n1. The Morgan fingerprint density at radius 1 is 0.595 bits per heavy atom. The maximum Gasteiger partial charge on any atom is 0.113 e. The highest BCUT2D eigenvalue weighted by molar-refractivity contribution is 5.73. The summed E-state index contributed by atoms with van der Waals surface area (Å²) in [5.74, 6) is 0.823. The van der Waals surface area contributed by atoms with E-state index in [4.69, 9.17) is 0 Å². The van der Waals surface area contributed by atoms with E-state index in [1.54, 1.807) is 9.59 Å². The third-order valence-electron chi connectivity index (χ3n) is 7.52. The Balaban J connectivity index is 1.53.